The number of anilines is 1. The van der Waals surface area contributed by atoms with Crippen LogP contribution in [0.1, 0.15) is 22.5 Å². The summed E-state index contributed by atoms with van der Waals surface area (Å²) in [5.41, 5.74) is 1.88. The van der Waals surface area contributed by atoms with Crippen LogP contribution in [-0.2, 0) is 11.2 Å². The molecule has 3 aromatic rings. The summed E-state index contributed by atoms with van der Waals surface area (Å²) < 4.78 is 43.5. The number of benzene rings is 2. The van der Waals surface area contributed by atoms with Crippen LogP contribution in [-0.4, -0.2) is 22.3 Å². The Morgan fingerprint density at radius 3 is 2.45 bits per heavy atom. The number of nitrogens with zero attached hydrogens (tertiary/aromatic N) is 1. The molecule has 0 unspecified atom stereocenters. The van der Waals surface area contributed by atoms with Gasteiger partial charge in [-0.1, -0.05) is 23.7 Å². The summed E-state index contributed by atoms with van der Waals surface area (Å²) in [4.78, 5) is 27.1. The Bertz CT molecular complexity index is 1160. The predicted molar refractivity (Wildman–Crippen MR) is 120 cm³/mol. The number of carbonyl (C=O) groups excluding carboxylic acids is 2. The number of hydrogen-bond donors (Lipinski definition) is 2. The van der Waals surface area contributed by atoms with E-state index in [0.717, 1.165) is 5.56 Å². The summed E-state index contributed by atoms with van der Waals surface area (Å²) in [6, 6.07) is 13.9. The maximum atomic E-state index is 12.6. The van der Waals surface area contributed by atoms with Gasteiger partial charge in [0.2, 0.25) is 5.91 Å². The molecule has 0 bridgehead atoms. The number of hydrogen-bond acceptors (Lipinski definition) is 5. The highest BCUT2D eigenvalue weighted by atomic mass is 35.5. The number of nitrogens with two attached hydrogens (primary N) is 1. The molecular formula is C22H17ClF3N3O3S. The fraction of sp³-hybridized carbons (Fsp3) is 0.136. The Kier molecular flexibility index (Phi) is 7.83. The van der Waals surface area contributed by atoms with Gasteiger partial charge < -0.3 is 15.8 Å². The molecule has 6 nitrogen and oxygen atoms in total. The van der Waals surface area contributed by atoms with Gasteiger partial charge in [0.25, 0.3) is 5.91 Å². The van der Waals surface area contributed by atoms with Crippen molar-refractivity contribution in [1.29, 1.82) is 0 Å². The van der Waals surface area contributed by atoms with Gasteiger partial charge in [-0.15, -0.1) is 0 Å². The molecule has 0 fully saturated rings. The topological polar surface area (TPSA) is 94.3 Å². The summed E-state index contributed by atoms with van der Waals surface area (Å²) in [6.45, 7) is 0. The van der Waals surface area contributed by atoms with E-state index in [9.17, 15) is 22.8 Å². The number of primary amides is 1. The largest absolute Gasteiger partial charge is 0.457 e. The van der Waals surface area contributed by atoms with Crippen LogP contribution in [0.3, 0.4) is 0 Å². The number of nitrogens with one attached hydrogen (secondary N) is 1. The number of halogens is 4. The molecule has 0 aliphatic carbocycles. The molecule has 172 valence electrons. The zero-order chi connectivity index (χ0) is 24.0. The first kappa shape index (κ1) is 24.4. The average molecular weight is 496 g/mol. The van der Waals surface area contributed by atoms with Crippen LogP contribution >= 0.6 is 23.4 Å². The Morgan fingerprint density at radius 2 is 1.79 bits per heavy atom. The van der Waals surface area contributed by atoms with E-state index in [1.807, 2.05) is 0 Å². The molecule has 0 atom stereocenters. The molecule has 0 aliphatic rings. The second kappa shape index (κ2) is 10.6. The highest BCUT2D eigenvalue weighted by molar-refractivity contribution is 8.00. The number of ether oxygens (including phenoxy) is 1. The van der Waals surface area contributed by atoms with Crippen molar-refractivity contribution in [1.82, 2.24) is 4.98 Å². The standard InChI is InChI=1S/C22H17ClF3N3O3S/c23-17-7-4-14(11-19(17)33-22(24,25)26)29-20(30)8-3-13-1-5-15(6-2-13)32-16-9-10-28-18(12-16)21(27)31/h1-2,4-7,9-12H,3,8H2,(H2,27,31)(H,29,30). The van der Waals surface area contributed by atoms with Crippen molar-refractivity contribution in [2.75, 3.05) is 5.32 Å². The number of aromatic nitrogens is 1. The van der Waals surface area contributed by atoms with Crippen LogP contribution in [0.5, 0.6) is 11.5 Å². The third-order valence-electron chi connectivity index (χ3n) is 4.22. The number of amides is 2. The van der Waals surface area contributed by atoms with Gasteiger partial charge >= 0.3 is 5.51 Å². The first-order chi connectivity index (χ1) is 15.6. The van der Waals surface area contributed by atoms with Crippen molar-refractivity contribution in [3.05, 3.63) is 77.1 Å². The van der Waals surface area contributed by atoms with Gasteiger partial charge in [0.1, 0.15) is 17.2 Å². The molecular weight excluding hydrogens is 479 g/mol. The SMILES string of the molecule is NC(=O)c1cc(Oc2ccc(CCC(=O)Nc3ccc(Cl)c(SC(F)(F)F)c3)cc2)ccn1. The first-order valence-electron chi connectivity index (χ1n) is 9.47. The lowest BCUT2D eigenvalue weighted by Crippen LogP contribution is -2.12. The molecule has 0 saturated carbocycles. The molecule has 1 aromatic heterocycles. The number of thioether (sulfide) groups is 1. The van der Waals surface area contributed by atoms with Crippen LogP contribution in [0.4, 0.5) is 18.9 Å². The maximum Gasteiger partial charge on any atom is 0.446 e. The summed E-state index contributed by atoms with van der Waals surface area (Å²) in [5.74, 6) is -0.1000. The average Bonchev–Trinajstić information content (AvgIpc) is 2.75. The minimum absolute atomic E-state index is 0.0461. The lowest BCUT2D eigenvalue weighted by atomic mass is 10.1. The number of carbonyl (C=O) groups is 2. The number of pyridine rings is 1. The second-order valence-corrected chi connectivity index (χ2v) is 8.24. The van der Waals surface area contributed by atoms with Gasteiger partial charge in [-0.05, 0) is 60.1 Å². The summed E-state index contributed by atoms with van der Waals surface area (Å²) in [5, 5.41) is 2.53. The Hall–Kier alpha value is -3.24. The fourth-order valence-corrected chi connectivity index (χ4v) is 3.57. The molecule has 0 spiro atoms. The maximum absolute atomic E-state index is 12.6. The van der Waals surface area contributed by atoms with Crippen LogP contribution in [0.15, 0.2) is 65.7 Å². The van der Waals surface area contributed by atoms with Gasteiger partial charge in [-0.25, -0.2) is 0 Å². The van der Waals surface area contributed by atoms with Crippen molar-refractivity contribution in [2.24, 2.45) is 5.73 Å². The van der Waals surface area contributed by atoms with E-state index in [-0.39, 0.29) is 45.4 Å². The van der Waals surface area contributed by atoms with Crippen LogP contribution < -0.4 is 15.8 Å². The normalized spacial score (nSPS) is 11.2. The van der Waals surface area contributed by atoms with Crippen LogP contribution in [0.2, 0.25) is 5.02 Å². The summed E-state index contributed by atoms with van der Waals surface area (Å²) >= 11 is 5.46. The molecule has 11 heteroatoms. The van der Waals surface area contributed by atoms with E-state index in [0.29, 0.717) is 17.9 Å². The highest BCUT2D eigenvalue weighted by Gasteiger charge is 2.30. The third-order valence-corrected chi connectivity index (χ3v) is 5.46. The van der Waals surface area contributed by atoms with E-state index in [1.165, 1.54) is 30.5 Å². The molecule has 33 heavy (non-hydrogen) atoms. The van der Waals surface area contributed by atoms with Crippen molar-refractivity contribution in [3.8, 4) is 11.5 Å². The van der Waals surface area contributed by atoms with Crippen molar-refractivity contribution in [2.45, 2.75) is 23.2 Å². The van der Waals surface area contributed by atoms with Gasteiger partial charge in [0.05, 0.1) is 5.02 Å². The minimum atomic E-state index is -4.48. The number of rotatable bonds is 8. The molecule has 3 rings (SSSR count). The fourth-order valence-electron chi connectivity index (χ4n) is 2.74. The Balaban J connectivity index is 1.54. The van der Waals surface area contributed by atoms with Gasteiger partial charge in [0.15, 0.2) is 0 Å². The van der Waals surface area contributed by atoms with Gasteiger partial charge in [-0.2, -0.15) is 13.2 Å². The molecule has 0 radical (unpaired) electrons. The molecule has 0 saturated heterocycles. The van der Waals surface area contributed by atoms with Crippen molar-refractivity contribution in [3.63, 3.8) is 0 Å². The molecule has 1 heterocycles. The molecule has 0 aliphatic heterocycles. The van der Waals surface area contributed by atoms with E-state index in [2.05, 4.69) is 10.3 Å². The van der Waals surface area contributed by atoms with Gasteiger partial charge in [0, 0.05) is 29.3 Å². The van der Waals surface area contributed by atoms with E-state index in [4.69, 9.17) is 22.1 Å². The minimum Gasteiger partial charge on any atom is -0.457 e. The van der Waals surface area contributed by atoms with Crippen LogP contribution in [0, 0.1) is 0 Å². The molecule has 2 amide bonds. The second-order valence-electron chi connectivity index (χ2n) is 6.73. The van der Waals surface area contributed by atoms with E-state index in [1.54, 1.807) is 30.3 Å². The van der Waals surface area contributed by atoms with Crippen LogP contribution in [0.25, 0.3) is 0 Å². The zero-order valence-corrected chi connectivity index (χ0v) is 18.4. The Labute approximate surface area is 196 Å². The van der Waals surface area contributed by atoms with E-state index >= 15 is 0 Å². The summed E-state index contributed by atoms with van der Waals surface area (Å²) in [7, 11) is 0. The zero-order valence-electron chi connectivity index (χ0n) is 16.9. The number of aryl methyl sites for hydroxylation is 1. The Morgan fingerprint density at radius 1 is 1.06 bits per heavy atom. The lowest BCUT2D eigenvalue weighted by Gasteiger charge is -2.11. The number of alkyl halides is 3. The monoisotopic (exact) mass is 495 g/mol. The summed E-state index contributed by atoms with van der Waals surface area (Å²) in [6.07, 6.45) is 1.94. The molecule has 3 N–H and O–H groups in total. The van der Waals surface area contributed by atoms with E-state index < -0.39 is 11.4 Å². The van der Waals surface area contributed by atoms with Crippen molar-refractivity contribution >= 4 is 40.9 Å². The quantitative estimate of drug-likeness (QED) is 0.385. The third kappa shape index (κ3) is 7.69. The predicted octanol–water partition coefficient (Wildman–Crippen LogP) is 5.81. The highest BCUT2D eigenvalue weighted by Crippen LogP contribution is 2.41. The smallest absolute Gasteiger partial charge is 0.446 e. The molecule has 2 aromatic carbocycles. The lowest BCUT2D eigenvalue weighted by molar-refractivity contribution is -0.116. The van der Waals surface area contributed by atoms with Gasteiger partial charge in [-0.3, -0.25) is 14.6 Å². The van der Waals surface area contributed by atoms with Crippen molar-refractivity contribution < 1.29 is 27.5 Å². The first-order valence-corrected chi connectivity index (χ1v) is 10.7.